The topological polar surface area (TPSA) is 61.8 Å². The van der Waals surface area contributed by atoms with Crippen molar-refractivity contribution in [3.63, 3.8) is 0 Å². The van der Waals surface area contributed by atoms with E-state index < -0.39 is 12.6 Å². The van der Waals surface area contributed by atoms with Gasteiger partial charge in [-0.05, 0) is 48.4 Å². The lowest BCUT2D eigenvalue weighted by atomic mass is 10.1. The molecule has 2 aromatic carbocycles. The first-order chi connectivity index (χ1) is 12.4. The molecule has 136 valence electrons. The van der Waals surface area contributed by atoms with Crippen LogP contribution in [0.1, 0.15) is 21.5 Å². The first-order valence-electron chi connectivity index (χ1n) is 7.81. The van der Waals surface area contributed by atoms with E-state index in [4.69, 9.17) is 25.8 Å². The van der Waals surface area contributed by atoms with Crippen LogP contribution in [-0.2, 0) is 9.53 Å². The van der Waals surface area contributed by atoms with Gasteiger partial charge in [-0.15, -0.1) is 0 Å². The minimum atomic E-state index is -0.628. The molecular formula is C20H19ClO5. The summed E-state index contributed by atoms with van der Waals surface area (Å²) in [6.45, 7) is 1.49. The van der Waals surface area contributed by atoms with Crippen molar-refractivity contribution in [2.45, 2.75) is 6.92 Å². The van der Waals surface area contributed by atoms with Gasteiger partial charge in [0.25, 0.3) is 0 Å². The fraction of sp³-hybridized carbons (Fsp3) is 0.200. The van der Waals surface area contributed by atoms with Crippen LogP contribution in [0.5, 0.6) is 11.5 Å². The van der Waals surface area contributed by atoms with Crippen LogP contribution in [-0.4, -0.2) is 32.6 Å². The standard InChI is InChI=1S/C20H19ClO5/c1-13-4-5-14(10-17(13)21)6-9-20(23)26-12-18(22)16-11-15(24-2)7-8-19(16)25-3/h4-11H,12H2,1-3H3/b9-6+. The molecule has 2 rings (SSSR count). The van der Waals surface area contributed by atoms with Crippen LogP contribution in [0.25, 0.3) is 6.08 Å². The van der Waals surface area contributed by atoms with E-state index >= 15 is 0 Å². The van der Waals surface area contributed by atoms with Gasteiger partial charge in [-0.25, -0.2) is 4.79 Å². The summed E-state index contributed by atoms with van der Waals surface area (Å²) in [6.07, 6.45) is 2.82. The van der Waals surface area contributed by atoms with Gasteiger partial charge in [-0.3, -0.25) is 4.79 Å². The van der Waals surface area contributed by atoms with E-state index in [0.29, 0.717) is 16.5 Å². The van der Waals surface area contributed by atoms with E-state index in [0.717, 1.165) is 11.1 Å². The highest BCUT2D eigenvalue weighted by Crippen LogP contribution is 2.24. The number of ether oxygens (including phenoxy) is 3. The average molecular weight is 375 g/mol. The van der Waals surface area contributed by atoms with E-state index in [1.165, 1.54) is 20.3 Å². The number of hydrogen-bond donors (Lipinski definition) is 0. The second-order valence-corrected chi connectivity index (χ2v) is 5.85. The predicted octanol–water partition coefficient (Wildman–Crippen LogP) is 4.10. The summed E-state index contributed by atoms with van der Waals surface area (Å²) >= 11 is 6.04. The normalized spacial score (nSPS) is 10.6. The zero-order valence-electron chi connectivity index (χ0n) is 14.7. The maximum atomic E-state index is 12.3. The molecule has 2 aromatic rings. The molecule has 6 heteroatoms. The van der Waals surface area contributed by atoms with Crippen molar-refractivity contribution in [1.29, 1.82) is 0 Å². The van der Waals surface area contributed by atoms with Gasteiger partial charge >= 0.3 is 5.97 Å². The molecule has 0 aliphatic carbocycles. The van der Waals surface area contributed by atoms with Gasteiger partial charge in [-0.2, -0.15) is 0 Å². The van der Waals surface area contributed by atoms with Crippen LogP contribution in [0.3, 0.4) is 0 Å². The molecule has 0 heterocycles. The third-order valence-electron chi connectivity index (χ3n) is 3.66. The Bertz CT molecular complexity index is 842. The number of aryl methyl sites for hydroxylation is 1. The molecule has 0 spiro atoms. The Morgan fingerprint density at radius 1 is 1.08 bits per heavy atom. The van der Waals surface area contributed by atoms with Crippen LogP contribution in [0.15, 0.2) is 42.5 Å². The summed E-state index contributed by atoms with van der Waals surface area (Å²) in [7, 11) is 2.96. The third-order valence-corrected chi connectivity index (χ3v) is 4.07. The molecule has 26 heavy (non-hydrogen) atoms. The van der Waals surface area contributed by atoms with E-state index in [1.807, 2.05) is 19.1 Å². The summed E-state index contributed by atoms with van der Waals surface area (Å²) in [4.78, 5) is 24.1. The molecule has 0 saturated heterocycles. The number of ketones is 1. The number of halogens is 1. The van der Waals surface area contributed by atoms with Gasteiger partial charge in [0, 0.05) is 11.1 Å². The number of esters is 1. The number of benzene rings is 2. The Morgan fingerprint density at radius 2 is 1.85 bits per heavy atom. The van der Waals surface area contributed by atoms with Gasteiger partial charge < -0.3 is 14.2 Å². The van der Waals surface area contributed by atoms with Gasteiger partial charge in [0.2, 0.25) is 5.78 Å². The summed E-state index contributed by atoms with van der Waals surface area (Å²) in [6, 6.07) is 10.3. The van der Waals surface area contributed by atoms with Crippen LogP contribution >= 0.6 is 11.6 Å². The van der Waals surface area contributed by atoms with Crippen molar-refractivity contribution in [2.24, 2.45) is 0 Å². The smallest absolute Gasteiger partial charge is 0.331 e. The molecule has 0 aliphatic heterocycles. The third kappa shape index (κ3) is 5.10. The zero-order chi connectivity index (χ0) is 19.1. The minimum Gasteiger partial charge on any atom is -0.497 e. The van der Waals surface area contributed by atoms with Crippen LogP contribution in [0.4, 0.5) is 0 Å². The monoisotopic (exact) mass is 374 g/mol. The lowest BCUT2D eigenvalue weighted by molar-refractivity contribution is -0.136. The molecule has 0 amide bonds. The molecule has 0 atom stereocenters. The Hall–Kier alpha value is -2.79. The summed E-state index contributed by atoms with van der Waals surface area (Å²) in [5, 5.41) is 0.612. The second kappa shape index (κ2) is 9.06. The summed E-state index contributed by atoms with van der Waals surface area (Å²) in [5.41, 5.74) is 2.00. The van der Waals surface area contributed by atoms with Crippen LogP contribution in [0, 0.1) is 6.92 Å². The van der Waals surface area contributed by atoms with Crippen LogP contribution in [0.2, 0.25) is 5.02 Å². The molecule has 0 N–H and O–H groups in total. The average Bonchev–Trinajstić information content (AvgIpc) is 2.66. The number of methoxy groups -OCH3 is 2. The lowest BCUT2D eigenvalue weighted by Gasteiger charge is -2.09. The first kappa shape index (κ1) is 19.5. The summed E-state index contributed by atoms with van der Waals surface area (Å²) in [5.74, 6) is -0.119. The highest BCUT2D eigenvalue weighted by Gasteiger charge is 2.15. The van der Waals surface area contributed by atoms with E-state index in [-0.39, 0.29) is 11.3 Å². The Kier molecular flexibility index (Phi) is 6.81. The van der Waals surface area contributed by atoms with Gasteiger partial charge in [0.05, 0.1) is 19.8 Å². The second-order valence-electron chi connectivity index (χ2n) is 5.44. The summed E-state index contributed by atoms with van der Waals surface area (Å²) < 4.78 is 15.3. The van der Waals surface area contributed by atoms with Crippen molar-refractivity contribution >= 4 is 29.4 Å². The SMILES string of the molecule is COc1ccc(OC)c(C(=O)COC(=O)/C=C/c2ccc(C)c(Cl)c2)c1. The van der Waals surface area contributed by atoms with Gasteiger partial charge in [0.1, 0.15) is 11.5 Å². The number of rotatable bonds is 7. The van der Waals surface area contributed by atoms with Crippen molar-refractivity contribution in [1.82, 2.24) is 0 Å². The van der Waals surface area contributed by atoms with Crippen molar-refractivity contribution < 1.29 is 23.8 Å². The molecule has 0 bridgehead atoms. The number of Topliss-reactive ketones (excluding diaryl/α,β-unsaturated/α-hetero) is 1. The van der Waals surface area contributed by atoms with Crippen molar-refractivity contribution in [3.05, 3.63) is 64.2 Å². The van der Waals surface area contributed by atoms with E-state index in [1.54, 1.807) is 30.3 Å². The Balaban J connectivity index is 1.99. The maximum absolute atomic E-state index is 12.3. The number of hydrogen-bond acceptors (Lipinski definition) is 5. The zero-order valence-corrected chi connectivity index (χ0v) is 15.5. The number of carbonyl (C=O) groups excluding carboxylic acids is 2. The predicted molar refractivity (Wildman–Crippen MR) is 100 cm³/mol. The van der Waals surface area contributed by atoms with Gasteiger partial charge in [0.15, 0.2) is 6.61 Å². The molecule has 5 nitrogen and oxygen atoms in total. The Morgan fingerprint density at radius 3 is 2.50 bits per heavy atom. The fourth-order valence-electron chi connectivity index (χ4n) is 2.17. The van der Waals surface area contributed by atoms with Gasteiger partial charge in [-0.1, -0.05) is 23.7 Å². The Labute approximate surface area is 157 Å². The molecule has 0 aromatic heterocycles. The minimum absolute atomic E-state index is 0.286. The molecule has 0 radical (unpaired) electrons. The highest BCUT2D eigenvalue weighted by molar-refractivity contribution is 6.31. The lowest BCUT2D eigenvalue weighted by Crippen LogP contribution is -2.13. The number of carbonyl (C=O) groups is 2. The molecule has 0 aliphatic rings. The maximum Gasteiger partial charge on any atom is 0.331 e. The van der Waals surface area contributed by atoms with E-state index in [2.05, 4.69) is 0 Å². The molecule has 0 unspecified atom stereocenters. The highest BCUT2D eigenvalue weighted by atomic mass is 35.5. The van der Waals surface area contributed by atoms with E-state index in [9.17, 15) is 9.59 Å². The fourth-order valence-corrected chi connectivity index (χ4v) is 2.36. The van der Waals surface area contributed by atoms with Crippen molar-refractivity contribution in [3.8, 4) is 11.5 Å². The largest absolute Gasteiger partial charge is 0.497 e. The van der Waals surface area contributed by atoms with Crippen LogP contribution < -0.4 is 9.47 Å². The quantitative estimate of drug-likeness (QED) is 0.414. The molecule has 0 fully saturated rings. The first-order valence-corrected chi connectivity index (χ1v) is 8.18. The molecular weight excluding hydrogens is 356 g/mol. The molecule has 0 saturated carbocycles. The van der Waals surface area contributed by atoms with Crippen molar-refractivity contribution in [2.75, 3.05) is 20.8 Å².